The molecule has 1 aliphatic heterocycles. The molecule has 0 bridgehead atoms. The summed E-state index contributed by atoms with van der Waals surface area (Å²) >= 11 is 0. The monoisotopic (exact) mass is 302 g/mol. The van der Waals surface area contributed by atoms with Gasteiger partial charge in [-0.1, -0.05) is 25.1 Å². The van der Waals surface area contributed by atoms with E-state index in [1.807, 2.05) is 51.1 Å². The van der Waals surface area contributed by atoms with Crippen LogP contribution in [0.2, 0.25) is 0 Å². The molecule has 0 saturated carbocycles. The summed E-state index contributed by atoms with van der Waals surface area (Å²) < 4.78 is 0. The topological polar surface area (TPSA) is 87.8 Å². The van der Waals surface area contributed by atoms with Crippen LogP contribution < -0.4 is 16.1 Å². The molecular formula is C16H22N4O2. The van der Waals surface area contributed by atoms with Crippen LogP contribution in [-0.4, -0.2) is 29.1 Å². The van der Waals surface area contributed by atoms with E-state index in [2.05, 4.69) is 10.4 Å². The van der Waals surface area contributed by atoms with Gasteiger partial charge in [0.25, 0.3) is 5.91 Å². The molecule has 1 atom stereocenters. The molecule has 0 aromatic heterocycles. The molecule has 22 heavy (non-hydrogen) atoms. The quantitative estimate of drug-likeness (QED) is 0.862. The number of nitrogens with one attached hydrogen (secondary N) is 1. The van der Waals surface area contributed by atoms with Crippen LogP contribution in [0.5, 0.6) is 0 Å². The number of benzene rings is 1. The minimum atomic E-state index is -0.632. The van der Waals surface area contributed by atoms with E-state index in [0.717, 1.165) is 12.1 Å². The summed E-state index contributed by atoms with van der Waals surface area (Å²) in [7, 11) is 0. The zero-order valence-corrected chi connectivity index (χ0v) is 13.2. The van der Waals surface area contributed by atoms with Crippen LogP contribution >= 0.6 is 0 Å². The minimum Gasteiger partial charge on any atom is -0.368 e. The Labute approximate surface area is 130 Å². The fourth-order valence-electron chi connectivity index (χ4n) is 2.16. The molecule has 1 heterocycles. The van der Waals surface area contributed by atoms with E-state index in [0.29, 0.717) is 5.71 Å². The molecule has 118 valence electrons. The summed E-state index contributed by atoms with van der Waals surface area (Å²) in [5.41, 5.74) is 6.21. The summed E-state index contributed by atoms with van der Waals surface area (Å²) in [5, 5.41) is 8.77. The van der Waals surface area contributed by atoms with Crippen LogP contribution in [0.1, 0.15) is 33.6 Å². The van der Waals surface area contributed by atoms with E-state index >= 15 is 0 Å². The first-order chi connectivity index (χ1) is 10.3. The van der Waals surface area contributed by atoms with Crippen LogP contribution in [0, 0.1) is 0 Å². The Hall–Kier alpha value is -2.37. The average Bonchev–Trinajstić information content (AvgIpc) is 2.93. The number of carbonyl (C=O) groups is 2. The first-order valence-corrected chi connectivity index (χ1v) is 7.37. The summed E-state index contributed by atoms with van der Waals surface area (Å²) in [6.45, 7) is 5.89. The fourth-order valence-corrected chi connectivity index (χ4v) is 2.16. The predicted octanol–water partition coefficient (Wildman–Crippen LogP) is 1.41. The van der Waals surface area contributed by atoms with Gasteiger partial charge in [0.2, 0.25) is 5.91 Å². The Morgan fingerprint density at radius 2 is 2.00 bits per heavy atom. The van der Waals surface area contributed by atoms with Crippen molar-refractivity contribution in [2.75, 3.05) is 5.01 Å². The summed E-state index contributed by atoms with van der Waals surface area (Å²) in [6, 6.07) is 8.60. The molecule has 0 spiro atoms. The van der Waals surface area contributed by atoms with E-state index in [1.54, 1.807) is 0 Å². The van der Waals surface area contributed by atoms with E-state index in [4.69, 9.17) is 5.73 Å². The van der Waals surface area contributed by atoms with E-state index in [9.17, 15) is 9.59 Å². The molecule has 6 nitrogen and oxygen atoms in total. The lowest BCUT2D eigenvalue weighted by molar-refractivity contribution is -0.119. The number of hydrogen-bond acceptors (Lipinski definition) is 4. The normalized spacial score (nSPS) is 18.0. The van der Waals surface area contributed by atoms with E-state index in [-0.39, 0.29) is 17.9 Å². The number of rotatable bonds is 5. The highest BCUT2D eigenvalue weighted by atomic mass is 16.2. The van der Waals surface area contributed by atoms with Crippen molar-refractivity contribution in [3.63, 3.8) is 0 Å². The Balaban J connectivity index is 2.24. The van der Waals surface area contributed by atoms with Gasteiger partial charge in [-0.3, -0.25) is 14.6 Å². The number of nitrogens with two attached hydrogens (primary N) is 1. The van der Waals surface area contributed by atoms with Crippen molar-refractivity contribution in [1.29, 1.82) is 0 Å². The smallest absolute Gasteiger partial charge is 0.267 e. The molecule has 0 fully saturated rings. The number of amides is 2. The molecule has 0 saturated heterocycles. The van der Waals surface area contributed by atoms with Gasteiger partial charge < -0.3 is 11.1 Å². The lowest BCUT2D eigenvalue weighted by atomic mass is 10.0. The molecule has 1 aromatic carbocycles. The van der Waals surface area contributed by atoms with Crippen LogP contribution in [0.15, 0.2) is 35.4 Å². The van der Waals surface area contributed by atoms with Gasteiger partial charge in [-0.05, 0) is 32.4 Å². The first kappa shape index (κ1) is 16.0. The lowest BCUT2D eigenvalue weighted by Crippen LogP contribution is -2.46. The van der Waals surface area contributed by atoms with Gasteiger partial charge >= 0.3 is 0 Å². The maximum absolute atomic E-state index is 12.3. The van der Waals surface area contributed by atoms with Crippen LogP contribution in [0.3, 0.4) is 0 Å². The number of nitrogens with zero attached hydrogens (tertiary/aromatic N) is 2. The first-order valence-electron chi connectivity index (χ1n) is 7.37. The number of hydrazone groups is 1. The molecule has 0 radical (unpaired) electrons. The molecule has 3 N–H and O–H groups in total. The minimum absolute atomic E-state index is 0.218. The van der Waals surface area contributed by atoms with Gasteiger partial charge in [-0.2, -0.15) is 5.10 Å². The van der Waals surface area contributed by atoms with Crippen LogP contribution in [0.4, 0.5) is 5.69 Å². The third-order valence-electron chi connectivity index (χ3n) is 3.86. The number of primary amides is 1. The highest BCUT2D eigenvalue weighted by Gasteiger charge is 2.35. The second-order valence-electron chi connectivity index (χ2n) is 6.04. The Bertz CT molecular complexity index is 595. The Kier molecular flexibility index (Phi) is 4.49. The molecule has 1 aromatic rings. The summed E-state index contributed by atoms with van der Waals surface area (Å²) in [5.74, 6) is -0.748. The SMILES string of the molecule is CCC(C)(C)NC(=O)C1=NN(c2ccccc2)[C@@H](C(N)=O)C1. The zero-order chi connectivity index (χ0) is 16.3. The van der Waals surface area contributed by atoms with Gasteiger partial charge in [0.05, 0.1) is 5.69 Å². The zero-order valence-electron chi connectivity index (χ0n) is 13.2. The number of anilines is 1. The van der Waals surface area contributed by atoms with Crippen molar-refractivity contribution in [1.82, 2.24) is 5.32 Å². The second-order valence-corrected chi connectivity index (χ2v) is 6.04. The summed E-state index contributed by atoms with van der Waals surface area (Å²) in [4.78, 5) is 24.0. The molecule has 0 aliphatic carbocycles. The molecule has 0 unspecified atom stereocenters. The number of carbonyl (C=O) groups excluding carboxylic acids is 2. The predicted molar refractivity (Wildman–Crippen MR) is 86.5 cm³/mol. The fraction of sp³-hybridized carbons (Fsp3) is 0.438. The lowest BCUT2D eigenvalue weighted by Gasteiger charge is -2.24. The molecule has 1 aliphatic rings. The highest BCUT2D eigenvalue weighted by Crippen LogP contribution is 2.24. The standard InChI is InChI=1S/C16H22N4O2/c1-4-16(2,3)18-15(22)12-10-13(14(17)21)20(19-12)11-8-6-5-7-9-11/h5-9,13H,4,10H2,1-3H3,(H2,17,21)(H,18,22)/t13-/m1/s1. The maximum atomic E-state index is 12.3. The van der Waals surface area contributed by atoms with Crippen molar-refractivity contribution in [3.05, 3.63) is 30.3 Å². The highest BCUT2D eigenvalue weighted by molar-refractivity contribution is 6.40. The number of para-hydroxylation sites is 1. The van der Waals surface area contributed by atoms with Crippen LogP contribution in [-0.2, 0) is 9.59 Å². The van der Waals surface area contributed by atoms with Gasteiger partial charge in [0, 0.05) is 12.0 Å². The van der Waals surface area contributed by atoms with Crippen molar-refractivity contribution in [2.24, 2.45) is 10.8 Å². The van der Waals surface area contributed by atoms with Crippen molar-refractivity contribution < 1.29 is 9.59 Å². The largest absolute Gasteiger partial charge is 0.368 e. The van der Waals surface area contributed by atoms with Crippen LogP contribution in [0.25, 0.3) is 0 Å². The summed E-state index contributed by atoms with van der Waals surface area (Å²) in [6.07, 6.45) is 1.02. The molecule has 2 rings (SSSR count). The van der Waals surface area contributed by atoms with Gasteiger partial charge in [0.1, 0.15) is 11.8 Å². The second kappa shape index (κ2) is 6.17. The van der Waals surface area contributed by atoms with Crippen molar-refractivity contribution in [2.45, 2.75) is 45.2 Å². The van der Waals surface area contributed by atoms with E-state index in [1.165, 1.54) is 5.01 Å². The molecule has 6 heteroatoms. The van der Waals surface area contributed by atoms with Crippen molar-refractivity contribution in [3.8, 4) is 0 Å². The average molecular weight is 302 g/mol. The van der Waals surface area contributed by atoms with Gasteiger partial charge in [0.15, 0.2) is 0 Å². The van der Waals surface area contributed by atoms with Gasteiger partial charge in [-0.25, -0.2) is 0 Å². The third-order valence-corrected chi connectivity index (χ3v) is 3.86. The molecular weight excluding hydrogens is 280 g/mol. The van der Waals surface area contributed by atoms with Crippen molar-refractivity contribution >= 4 is 23.2 Å². The Morgan fingerprint density at radius 3 is 2.55 bits per heavy atom. The van der Waals surface area contributed by atoms with E-state index < -0.39 is 11.9 Å². The van der Waals surface area contributed by atoms with Gasteiger partial charge in [-0.15, -0.1) is 0 Å². The maximum Gasteiger partial charge on any atom is 0.267 e. The Morgan fingerprint density at radius 1 is 1.36 bits per heavy atom. The molecule has 2 amide bonds. The number of hydrogen-bond donors (Lipinski definition) is 2. The third kappa shape index (κ3) is 3.44.